The van der Waals surface area contributed by atoms with Crippen molar-refractivity contribution in [3.8, 4) is 5.75 Å². The van der Waals surface area contributed by atoms with Crippen LogP contribution in [0.1, 0.15) is 108 Å². The molecule has 3 atom stereocenters. The largest absolute Gasteiger partial charge is 0.494 e. The fraction of sp³-hybridized carbons (Fsp3) is 0.769. The lowest BCUT2D eigenvalue weighted by Gasteiger charge is -2.33. The second-order valence-corrected chi connectivity index (χ2v) is 8.80. The zero-order valence-corrected chi connectivity index (χ0v) is 19.1. The summed E-state index contributed by atoms with van der Waals surface area (Å²) in [4.78, 5) is 0. The van der Waals surface area contributed by atoms with E-state index in [4.69, 9.17) is 9.47 Å². The van der Waals surface area contributed by atoms with Crippen molar-refractivity contribution in [3.05, 3.63) is 29.8 Å². The minimum atomic E-state index is -0.565. The second kappa shape index (κ2) is 15.7. The van der Waals surface area contributed by atoms with Crippen molar-refractivity contribution in [2.24, 2.45) is 0 Å². The standard InChI is InChI=1S/C26H44O4/c1-2-3-4-5-6-7-8-9-10-11-12-13-20-29-23-16-14-22(15-17-23)25-19-18-24(28)26(21-27)30-25/h14-17,24-28H,2-13,18-21H2,1H3/t24-,25-,26+/m0/s1. The topological polar surface area (TPSA) is 58.9 Å². The fourth-order valence-electron chi connectivity index (χ4n) is 4.20. The van der Waals surface area contributed by atoms with Gasteiger partial charge in [-0.2, -0.15) is 0 Å². The van der Waals surface area contributed by atoms with E-state index in [1.54, 1.807) is 0 Å². The molecule has 4 heteroatoms. The van der Waals surface area contributed by atoms with Crippen LogP contribution in [0.5, 0.6) is 5.75 Å². The average Bonchev–Trinajstić information content (AvgIpc) is 2.78. The van der Waals surface area contributed by atoms with Gasteiger partial charge in [0.15, 0.2) is 0 Å². The summed E-state index contributed by atoms with van der Waals surface area (Å²) in [6.07, 6.45) is 16.5. The van der Waals surface area contributed by atoms with Crippen molar-refractivity contribution >= 4 is 0 Å². The molecule has 1 saturated heterocycles. The Bertz CT molecular complexity index is 530. The van der Waals surface area contributed by atoms with Crippen LogP contribution < -0.4 is 4.74 Å². The lowest BCUT2D eigenvalue weighted by atomic mass is 9.96. The first kappa shape index (κ1) is 25.2. The monoisotopic (exact) mass is 420 g/mol. The van der Waals surface area contributed by atoms with Gasteiger partial charge in [-0.05, 0) is 37.0 Å². The van der Waals surface area contributed by atoms with Crippen molar-refractivity contribution < 1.29 is 19.7 Å². The molecule has 0 saturated carbocycles. The lowest BCUT2D eigenvalue weighted by molar-refractivity contribution is -0.135. The molecule has 1 aromatic rings. The van der Waals surface area contributed by atoms with Gasteiger partial charge in [0.25, 0.3) is 0 Å². The van der Waals surface area contributed by atoms with Gasteiger partial charge >= 0.3 is 0 Å². The van der Waals surface area contributed by atoms with E-state index in [1.165, 1.54) is 70.6 Å². The van der Waals surface area contributed by atoms with Gasteiger partial charge in [0, 0.05) is 0 Å². The van der Waals surface area contributed by atoms with Gasteiger partial charge in [0.1, 0.15) is 11.9 Å². The Labute approximate surface area is 184 Å². The van der Waals surface area contributed by atoms with Gasteiger partial charge in [-0.15, -0.1) is 0 Å². The molecule has 0 unspecified atom stereocenters. The minimum absolute atomic E-state index is 0.0593. The number of aliphatic hydroxyl groups excluding tert-OH is 2. The number of rotatable bonds is 16. The summed E-state index contributed by atoms with van der Waals surface area (Å²) in [7, 11) is 0. The van der Waals surface area contributed by atoms with E-state index in [-0.39, 0.29) is 12.7 Å². The number of ether oxygens (including phenoxy) is 2. The lowest BCUT2D eigenvalue weighted by Crippen LogP contribution is -2.38. The highest BCUT2D eigenvalue weighted by atomic mass is 16.5. The van der Waals surface area contributed by atoms with E-state index >= 15 is 0 Å². The molecular weight excluding hydrogens is 376 g/mol. The summed E-state index contributed by atoms with van der Waals surface area (Å²) in [5.41, 5.74) is 1.08. The van der Waals surface area contributed by atoms with Crippen LogP contribution in [0.4, 0.5) is 0 Å². The molecule has 2 rings (SSSR count). The molecule has 1 aliphatic rings. The number of benzene rings is 1. The summed E-state index contributed by atoms with van der Waals surface area (Å²) in [6.45, 7) is 2.91. The van der Waals surface area contributed by atoms with Crippen LogP contribution in [-0.2, 0) is 4.74 Å². The SMILES string of the molecule is CCCCCCCCCCCCCCOc1ccc([C@@H]2CC[C@H](O)[C@@H](CO)O2)cc1. The Morgan fingerprint density at radius 3 is 1.97 bits per heavy atom. The molecule has 0 spiro atoms. The Hall–Kier alpha value is -1.10. The van der Waals surface area contributed by atoms with Crippen LogP contribution in [0.15, 0.2) is 24.3 Å². The van der Waals surface area contributed by atoms with Crippen LogP contribution >= 0.6 is 0 Å². The second-order valence-electron chi connectivity index (χ2n) is 8.80. The number of aliphatic hydroxyl groups is 2. The Morgan fingerprint density at radius 2 is 1.40 bits per heavy atom. The van der Waals surface area contributed by atoms with Gasteiger partial charge in [-0.3, -0.25) is 0 Å². The van der Waals surface area contributed by atoms with Crippen LogP contribution in [0.2, 0.25) is 0 Å². The quantitative estimate of drug-likeness (QED) is 0.306. The normalized spacial score (nSPS) is 21.6. The molecule has 1 fully saturated rings. The summed E-state index contributed by atoms with van der Waals surface area (Å²) in [6, 6.07) is 8.07. The van der Waals surface area contributed by atoms with E-state index in [2.05, 4.69) is 6.92 Å². The zero-order valence-electron chi connectivity index (χ0n) is 19.1. The number of unbranched alkanes of at least 4 members (excludes halogenated alkanes) is 11. The van der Waals surface area contributed by atoms with Crippen LogP contribution in [0.25, 0.3) is 0 Å². The molecule has 4 nitrogen and oxygen atoms in total. The van der Waals surface area contributed by atoms with Crippen molar-refractivity contribution in [2.45, 2.75) is 115 Å². The molecule has 0 aromatic heterocycles. The molecule has 1 aromatic carbocycles. The Balaban J connectivity index is 1.48. The first-order valence-corrected chi connectivity index (χ1v) is 12.4. The van der Waals surface area contributed by atoms with E-state index in [1.807, 2.05) is 24.3 Å². The Morgan fingerprint density at radius 1 is 0.833 bits per heavy atom. The molecule has 0 radical (unpaired) electrons. The van der Waals surface area contributed by atoms with E-state index in [0.717, 1.165) is 30.8 Å². The zero-order chi connectivity index (χ0) is 21.4. The smallest absolute Gasteiger partial charge is 0.119 e. The van der Waals surface area contributed by atoms with Gasteiger partial charge in [-0.1, -0.05) is 89.7 Å². The van der Waals surface area contributed by atoms with Gasteiger partial charge < -0.3 is 19.7 Å². The fourth-order valence-corrected chi connectivity index (χ4v) is 4.20. The third-order valence-electron chi connectivity index (χ3n) is 6.19. The summed E-state index contributed by atoms with van der Waals surface area (Å²) in [5.74, 6) is 0.899. The third-order valence-corrected chi connectivity index (χ3v) is 6.19. The molecule has 172 valence electrons. The van der Waals surface area contributed by atoms with Crippen LogP contribution in [-0.4, -0.2) is 35.6 Å². The first-order chi connectivity index (χ1) is 14.7. The van der Waals surface area contributed by atoms with E-state index in [0.29, 0.717) is 6.42 Å². The van der Waals surface area contributed by atoms with E-state index in [9.17, 15) is 10.2 Å². The highest BCUT2D eigenvalue weighted by molar-refractivity contribution is 5.28. The third kappa shape index (κ3) is 9.80. The predicted octanol–water partition coefficient (Wildman–Crippen LogP) is 6.34. The molecule has 0 amide bonds. The highest BCUT2D eigenvalue weighted by Gasteiger charge is 2.30. The maximum absolute atomic E-state index is 9.82. The van der Waals surface area contributed by atoms with Crippen LogP contribution in [0, 0.1) is 0 Å². The highest BCUT2D eigenvalue weighted by Crippen LogP contribution is 2.32. The maximum atomic E-state index is 9.82. The molecular formula is C26H44O4. The molecule has 30 heavy (non-hydrogen) atoms. The van der Waals surface area contributed by atoms with Crippen molar-refractivity contribution in [2.75, 3.05) is 13.2 Å². The van der Waals surface area contributed by atoms with Crippen molar-refractivity contribution in [3.63, 3.8) is 0 Å². The summed E-state index contributed by atoms with van der Waals surface area (Å²) >= 11 is 0. The molecule has 0 aliphatic carbocycles. The Kier molecular flexibility index (Phi) is 13.1. The molecule has 1 aliphatic heterocycles. The van der Waals surface area contributed by atoms with Gasteiger partial charge in [-0.25, -0.2) is 0 Å². The summed E-state index contributed by atoms with van der Waals surface area (Å²) in [5, 5.41) is 19.1. The molecule has 2 N–H and O–H groups in total. The van der Waals surface area contributed by atoms with Crippen molar-refractivity contribution in [1.29, 1.82) is 0 Å². The number of hydrogen-bond acceptors (Lipinski definition) is 4. The minimum Gasteiger partial charge on any atom is -0.494 e. The van der Waals surface area contributed by atoms with Gasteiger partial charge in [0.05, 0.1) is 25.4 Å². The predicted molar refractivity (Wildman–Crippen MR) is 123 cm³/mol. The maximum Gasteiger partial charge on any atom is 0.119 e. The summed E-state index contributed by atoms with van der Waals surface area (Å²) < 4.78 is 11.7. The average molecular weight is 421 g/mol. The molecule has 1 heterocycles. The molecule has 0 bridgehead atoms. The van der Waals surface area contributed by atoms with Crippen molar-refractivity contribution in [1.82, 2.24) is 0 Å². The number of hydrogen-bond donors (Lipinski definition) is 2. The van der Waals surface area contributed by atoms with Gasteiger partial charge in [0.2, 0.25) is 0 Å². The van der Waals surface area contributed by atoms with E-state index < -0.39 is 12.2 Å². The van der Waals surface area contributed by atoms with Crippen LogP contribution in [0.3, 0.4) is 0 Å². The first-order valence-electron chi connectivity index (χ1n) is 12.4.